The van der Waals surface area contributed by atoms with Crippen LogP contribution in [0.25, 0.3) is 0 Å². The van der Waals surface area contributed by atoms with E-state index in [1.807, 2.05) is 9.80 Å². The fourth-order valence-corrected chi connectivity index (χ4v) is 3.43. The predicted octanol–water partition coefficient (Wildman–Crippen LogP) is 1.10. The van der Waals surface area contributed by atoms with E-state index in [1.54, 1.807) is 25.4 Å². The molecule has 1 aromatic heterocycles. The third-order valence-corrected chi connectivity index (χ3v) is 4.79. The Hall–Kier alpha value is -2.18. The highest BCUT2D eigenvalue weighted by atomic mass is 16.5. The first-order chi connectivity index (χ1) is 11.6. The minimum Gasteiger partial charge on any atom is -0.458 e. The fourth-order valence-electron chi connectivity index (χ4n) is 3.43. The molecular formula is C17H24N4O3. The molecule has 2 amide bonds. The Balaban J connectivity index is 1.53. The summed E-state index contributed by atoms with van der Waals surface area (Å²) < 4.78 is 5.80. The molecule has 7 nitrogen and oxygen atoms in total. The normalized spacial score (nSPS) is 22.3. The summed E-state index contributed by atoms with van der Waals surface area (Å²) in [5.74, 6) is 0.308. The minimum atomic E-state index is -0.0533. The second-order valence-electron chi connectivity index (χ2n) is 6.48. The molecule has 3 heterocycles. The Bertz CT molecular complexity index is 572. The van der Waals surface area contributed by atoms with Crippen molar-refractivity contribution >= 4 is 11.8 Å². The molecule has 3 rings (SSSR count). The molecule has 2 fully saturated rings. The van der Waals surface area contributed by atoms with Crippen LogP contribution in [0.4, 0.5) is 0 Å². The first-order valence-corrected chi connectivity index (χ1v) is 8.61. The number of likely N-dealkylation sites (tertiary alicyclic amines) is 2. The van der Waals surface area contributed by atoms with Crippen LogP contribution in [0.5, 0.6) is 6.01 Å². The summed E-state index contributed by atoms with van der Waals surface area (Å²) in [5, 5.41) is 0. The molecule has 0 aromatic carbocycles. The molecule has 0 radical (unpaired) electrons. The largest absolute Gasteiger partial charge is 0.458 e. The van der Waals surface area contributed by atoms with Gasteiger partial charge in [-0.05, 0) is 31.7 Å². The summed E-state index contributed by atoms with van der Waals surface area (Å²) in [6, 6.07) is 2.11. The number of piperidine rings is 2. The highest BCUT2D eigenvalue weighted by Gasteiger charge is 2.32. The van der Waals surface area contributed by atoms with Crippen LogP contribution in [0, 0.1) is 5.92 Å². The number of ether oxygens (including phenoxy) is 1. The van der Waals surface area contributed by atoms with Crippen LogP contribution in [0.2, 0.25) is 0 Å². The van der Waals surface area contributed by atoms with Crippen molar-refractivity contribution in [3.63, 3.8) is 0 Å². The lowest BCUT2D eigenvalue weighted by Crippen LogP contribution is -2.49. The molecule has 24 heavy (non-hydrogen) atoms. The van der Waals surface area contributed by atoms with Gasteiger partial charge in [0.25, 0.3) is 0 Å². The highest BCUT2D eigenvalue weighted by molar-refractivity contribution is 5.80. The molecule has 0 N–H and O–H groups in total. The quantitative estimate of drug-likeness (QED) is 0.829. The van der Waals surface area contributed by atoms with Gasteiger partial charge in [0.15, 0.2) is 0 Å². The van der Waals surface area contributed by atoms with E-state index >= 15 is 0 Å². The van der Waals surface area contributed by atoms with Gasteiger partial charge in [-0.2, -0.15) is 0 Å². The van der Waals surface area contributed by atoms with Crippen molar-refractivity contribution in [2.24, 2.45) is 5.92 Å². The van der Waals surface area contributed by atoms with Gasteiger partial charge < -0.3 is 14.5 Å². The van der Waals surface area contributed by atoms with E-state index in [9.17, 15) is 9.59 Å². The van der Waals surface area contributed by atoms with E-state index in [-0.39, 0.29) is 23.8 Å². The Morgan fingerprint density at radius 3 is 2.46 bits per heavy atom. The van der Waals surface area contributed by atoms with Crippen molar-refractivity contribution in [1.29, 1.82) is 0 Å². The first kappa shape index (κ1) is 16.7. The number of aromatic nitrogens is 2. The van der Waals surface area contributed by atoms with Gasteiger partial charge in [-0.3, -0.25) is 9.59 Å². The SMILES string of the molecule is CC(=O)N1CCC(C(=O)N2CCC[C@@H](Oc3ncccn3)C2)CC1. The second kappa shape index (κ2) is 7.59. The predicted molar refractivity (Wildman–Crippen MR) is 87.2 cm³/mol. The maximum absolute atomic E-state index is 12.8. The lowest BCUT2D eigenvalue weighted by Gasteiger charge is -2.37. The van der Waals surface area contributed by atoms with Crippen LogP contribution in [0.3, 0.4) is 0 Å². The van der Waals surface area contributed by atoms with Gasteiger partial charge in [-0.25, -0.2) is 9.97 Å². The van der Waals surface area contributed by atoms with Crippen LogP contribution < -0.4 is 4.74 Å². The van der Waals surface area contributed by atoms with E-state index in [2.05, 4.69) is 9.97 Å². The van der Waals surface area contributed by atoms with Crippen LogP contribution in [-0.2, 0) is 9.59 Å². The van der Waals surface area contributed by atoms with Crippen LogP contribution in [0.1, 0.15) is 32.6 Å². The summed E-state index contributed by atoms with van der Waals surface area (Å²) >= 11 is 0. The number of carbonyl (C=O) groups excluding carboxylic acids is 2. The molecule has 130 valence electrons. The zero-order valence-electron chi connectivity index (χ0n) is 14.1. The van der Waals surface area contributed by atoms with E-state index < -0.39 is 0 Å². The van der Waals surface area contributed by atoms with E-state index in [0.29, 0.717) is 25.6 Å². The van der Waals surface area contributed by atoms with Crippen LogP contribution in [-0.4, -0.2) is 63.9 Å². The zero-order valence-corrected chi connectivity index (χ0v) is 14.1. The number of rotatable bonds is 3. The maximum atomic E-state index is 12.8. The maximum Gasteiger partial charge on any atom is 0.316 e. The monoisotopic (exact) mass is 332 g/mol. The topological polar surface area (TPSA) is 75.6 Å². The second-order valence-corrected chi connectivity index (χ2v) is 6.48. The zero-order chi connectivity index (χ0) is 16.9. The number of hydrogen-bond donors (Lipinski definition) is 0. The fraction of sp³-hybridized carbons (Fsp3) is 0.647. The summed E-state index contributed by atoms with van der Waals surface area (Å²) in [6.45, 7) is 4.31. The summed E-state index contributed by atoms with van der Waals surface area (Å²) in [4.78, 5) is 36.1. The molecule has 1 aromatic rings. The molecule has 0 aliphatic carbocycles. The van der Waals surface area contributed by atoms with Crippen LogP contribution >= 0.6 is 0 Å². The Labute approximate surface area is 142 Å². The summed E-state index contributed by atoms with van der Waals surface area (Å²) in [6.07, 6.45) is 6.58. The van der Waals surface area contributed by atoms with Gasteiger partial charge in [0.2, 0.25) is 11.8 Å². The molecule has 0 saturated carbocycles. The lowest BCUT2D eigenvalue weighted by molar-refractivity contribution is -0.142. The third-order valence-electron chi connectivity index (χ3n) is 4.79. The summed E-state index contributed by atoms with van der Waals surface area (Å²) in [5.41, 5.74) is 0. The van der Waals surface area contributed by atoms with Crippen molar-refractivity contribution < 1.29 is 14.3 Å². The van der Waals surface area contributed by atoms with E-state index in [4.69, 9.17) is 4.74 Å². The molecule has 1 atom stereocenters. The van der Waals surface area contributed by atoms with Gasteiger partial charge in [-0.15, -0.1) is 0 Å². The van der Waals surface area contributed by atoms with Crippen molar-refractivity contribution in [1.82, 2.24) is 19.8 Å². The molecule has 2 aliphatic heterocycles. The van der Waals surface area contributed by atoms with E-state index in [1.165, 1.54) is 0 Å². The molecule has 7 heteroatoms. The average Bonchev–Trinajstić information content (AvgIpc) is 2.62. The Morgan fingerprint density at radius 1 is 1.08 bits per heavy atom. The van der Waals surface area contributed by atoms with E-state index in [0.717, 1.165) is 32.2 Å². The number of amides is 2. The van der Waals surface area contributed by atoms with Gasteiger partial charge in [-0.1, -0.05) is 0 Å². The Kier molecular flexibility index (Phi) is 5.27. The summed E-state index contributed by atoms with van der Waals surface area (Å²) in [7, 11) is 0. The lowest BCUT2D eigenvalue weighted by atomic mass is 9.94. The van der Waals surface area contributed by atoms with Gasteiger partial charge in [0.1, 0.15) is 6.10 Å². The van der Waals surface area contributed by atoms with Gasteiger partial charge in [0.05, 0.1) is 6.54 Å². The molecule has 0 unspecified atom stereocenters. The Morgan fingerprint density at radius 2 is 1.79 bits per heavy atom. The van der Waals surface area contributed by atoms with Crippen molar-refractivity contribution in [2.75, 3.05) is 26.2 Å². The van der Waals surface area contributed by atoms with Crippen LogP contribution in [0.15, 0.2) is 18.5 Å². The minimum absolute atomic E-state index is 0.0207. The first-order valence-electron chi connectivity index (χ1n) is 8.61. The van der Waals surface area contributed by atoms with Gasteiger partial charge in [0, 0.05) is 44.9 Å². The third kappa shape index (κ3) is 4.01. The molecule has 2 saturated heterocycles. The molecular weight excluding hydrogens is 308 g/mol. The number of hydrogen-bond acceptors (Lipinski definition) is 5. The molecule has 0 bridgehead atoms. The molecule has 0 spiro atoms. The number of carbonyl (C=O) groups is 2. The average molecular weight is 332 g/mol. The standard InChI is InChI=1S/C17H24N4O3/c1-13(22)20-10-5-14(6-11-20)16(23)21-9-2-4-15(12-21)24-17-18-7-3-8-19-17/h3,7-8,14-15H,2,4-6,9-12H2,1H3/t15-/m1/s1. The van der Waals surface area contributed by atoms with Crippen molar-refractivity contribution in [3.05, 3.63) is 18.5 Å². The smallest absolute Gasteiger partial charge is 0.316 e. The van der Waals surface area contributed by atoms with Crippen molar-refractivity contribution in [2.45, 2.75) is 38.7 Å². The van der Waals surface area contributed by atoms with Gasteiger partial charge >= 0.3 is 6.01 Å². The highest BCUT2D eigenvalue weighted by Crippen LogP contribution is 2.23. The number of nitrogens with zero attached hydrogens (tertiary/aromatic N) is 4. The van der Waals surface area contributed by atoms with Crippen molar-refractivity contribution in [3.8, 4) is 6.01 Å². The molecule has 2 aliphatic rings.